The Morgan fingerprint density at radius 2 is 2.00 bits per heavy atom. The predicted molar refractivity (Wildman–Crippen MR) is 121 cm³/mol. The number of nitrogens with two attached hydrogens (primary N) is 1. The number of urea groups is 1. The summed E-state index contributed by atoms with van der Waals surface area (Å²) >= 11 is 0. The minimum atomic E-state index is -3.48. The zero-order valence-corrected chi connectivity index (χ0v) is 19.3. The number of aliphatic hydroxyl groups is 1. The Morgan fingerprint density at radius 3 is 2.71 bits per heavy atom. The molecule has 2 amide bonds. The number of hydrogen-bond acceptors (Lipinski definition) is 4. The summed E-state index contributed by atoms with van der Waals surface area (Å²) in [4.78, 5) is 18.0. The van der Waals surface area contributed by atoms with Crippen LogP contribution in [0.3, 0.4) is 0 Å². The number of aryl methyl sites for hydroxylation is 1. The van der Waals surface area contributed by atoms with E-state index in [1.54, 1.807) is 32.0 Å². The highest BCUT2D eigenvalue weighted by molar-refractivity contribution is 7.91. The first-order chi connectivity index (χ1) is 14.4. The van der Waals surface area contributed by atoms with Crippen molar-refractivity contribution in [2.75, 3.05) is 5.32 Å². The molecule has 1 atom stereocenters. The fourth-order valence-corrected chi connectivity index (χ4v) is 5.46. The molecule has 0 aliphatic heterocycles. The van der Waals surface area contributed by atoms with E-state index in [0.29, 0.717) is 5.56 Å². The van der Waals surface area contributed by atoms with Gasteiger partial charge >= 0.3 is 6.03 Å². The van der Waals surface area contributed by atoms with Crippen LogP contribution >= 0.6 is 0 Å². The summed E-state index contributed by atoms with van der Waals surface area (Å²) in [5.41, 5.74) is 4.35. The molecule has 4 rings (SSSR count). The van der Waals surface area contributed by atoms with Crippen LogP contribution in [0.15, 0.2) is 33.5 Å². The normalized spacial score (nSPS) is 18.8. The molecule has 4 N–H and O–H groups in total. The maximum absolute atomic E-state index is 13.1. The highest BCUT2D eigenvalue weighted by Gasteiger charge is 2.36. The molecule has 2 aromatic rings. The fraction of sp³-hybridized carbons (Fsp3) is 0.478. The number of benzene rings is 1. The topological polar surface area (TPSA) is 118 Å². The molecule has 1 heterocycles. The summed E-state index contributed by atoms with van der Waals surface area (Å²) in [6.45, 7) is 7.59. The van der Waals surface area contributed by atoms with Crippen molar-refractivity contribution >= 4 is 21.6 Å². The third-order valence-electron chi connectivity index (χ3n) is 6.29. The maximum Gasteiger partial charge on any atom is 0.354 e. The van der Waals surface area contributed by atoms with E-state index in [4.69, 9.17) is 10.1 Å². The number of carbonyl (C=O) groups is 1. The van der Waals surface area contributed by atoms with Gasteiger partial charge in [0.15, 0.2) is 0 Å². The Bertz CT molecular complexity index is 1190. The molecule has 8 heteroatoms. The second-order valence-electron chi connectivity index (χ2n) is 9.65. The number of nitrogens with zero attached hydrogens (tertiary/aromatic N) is 2. The lowest BCUT2D eigenvalue weighted by Gasteiger charge is -2.20. The molecule has 1 unspecified atom stereocenters. The van der Waals surface area contributed by atoms with Crippen LogP contribution in [0.2, 0.25) is 0 Å². The molecular weight excluding hydrogens is 412 g/mol. The Kier molecular flexibility index (Phi) is 5.23. The van der Waals surface area contributed by atoms with Gasteiger partial charge in [-0.1, -0.05) is 26.0 Å². The van der Waals surface area contributed by atoms with E-state index >= 15 is 0 Å². The van der Waals surface area contributed by atoms with E-state index in [2.05, 4.69) is 23.5 Å². The van der Waals surface area contributed by atoms with E-state index in [9.17, 15) is 14.1 Å². The van der Waals surface area contributed by atoms with Gasteiger partial charge in [-0.25, -0.2) is 14.1 Å². The van der Waals surface area contributed by atoms with Crippen LogP contribution < -0.4 is 10.5 Å². The Labute approximate surface area is 183 Å². The van der Waals surface area contributed by atoms with Crippen LogP contribution in [0.1, 0.15) is 68.6 Å². The third kappa shape index (κ3) is 4.12. The molecule has 1 aromatic heterocycles. The molecule has 2 aliphatic rings. The van der Waals surface area contributed by atoms with Gasteiger partial charge in [-0.3, -0.25) is 4.98 Å². The Morgan fingerprint density at radius 1 is 1.26 bits per heavy atom. The number of rotatable bonds is 3. The molecule has 7 nitrogen and oxygen atoms in total. The van der Waals surface area contributed by atoms with Crippen LogP contribution in [0.25, 0.3) is 0 Å². The van der Waals surface area contributed by atoms with Crippen molar-refractivity contribution in [1.29, 1.82) is 0 Å². The van der Waals surface area contributed by atoms with E-state index < -0.39 is 21.5 Å². The van der Waals surface area contributed by atoms with Gasteiger partial charge < -0.3 is 10.4 Å². The van der Waals surface area contributed by atoms with Gasteiger partial charge in [0.05, 0.1) is 21.9 Å². The lowest BCUT2D eigenvalue weighted by molar-refractivity contribution is 0.0784. The second-order valence-corrected chi connectivity index (χ2v) is 11.4. The standard InChI is InChI=1S/C23H30N4O3S/c1-22(2)12-11-17-19(16-9-6-10-18(16)25-20(17)22)26-21(28)27-31(24,30)15-8-5-7-14(13-15)23(3,4)29/h5,7-8,13,29H,6,9-12H2,1-4H3,(H3,24,25,26,27,28,30). The minimum absolute atomic E-state index is 0.0392. The average molecular weight is 443 g/mol. The molecule has 1 aromatic carbocycles. The fourth-order valence-electron chi connectivity index (χ4n) is 4.50. The van der Waals surface area contributed by atoms with E-state index in [0.717, 1.165) is 60.3 Å². The van der Waals surface area contributed by atoms with Gasteiger partial charge in [-0.15, -0.1) is 4.36 Å². The van der Waals surface area contributed by atoms with Gasteiger partial charge in [-0.2, -0.15) is 0 Å². The van der Waals surface area contributed by atoms with Crippen molar-refractivity contribution < 1.29 is 14.1 Å². The van der Waals surface area contributed by atoms with Crippen molar-refractivity contribution in [2.24, 2.45) is 9.50 Å². The zero-order chi connectivity index (χ0) is 22.6. The summed E-state index contributed by atoms with van der Waals surface area (Å²) in [6.07, 6.45) is 4.57. The van der Waals surface area contributed by atoms with Crippen molar-refractivity contribution in [1.82, 2.24) is 4.98 Å². The summed E-state index contributed by atoms with van der Waals surface area (Å²) < 4.78 is 16.9. The first kappa shape index (κ1) is 21.9. The van der Waals surface area contributed by atoms with Gasteiger partial charge in [0, 0.05) is 11.1 Å². The highest BCUT2D eigenvalue weighted by atomic mass is 32.2. The summed E-state index contributed by atoms with van der Waals surface area (Å²) in [7, 11) is -3.48. The van der Waals surface area contributed by atoms with Gasteiger partial charge in [0.2, 0.25) is 0 Å². The van der Waals surface area contributed by atoms with E-state index in [1.165, 1.54) is 6.07 Å². The lowest BCUT2D eigenvalue weighted by atomic mass is 9.90. The minimum Gasteiger partial charge on any atom is -0.386 e. The molecule has 0 spiro atoms. The van der Waals surface area contributed by atoms with Crippen LogP contribution in [0.5, 0.6) is 0 Å². The zero-order valence-electron chi connectivity index (χ0n) is 18.5. The molecular formula is C23H30N4O3S. The van der Waals surface area contributed by atoms with Crippen LogP contribution in [0.4, 0.5) is 10.5 Å². The maximum atomic E-state index is 13.1. The number of pyridine rings is 1. The average Bonchev–Trinajstić information content (AvgIpc) is 3.25. The van der Waals surface area contributed by atoms with Crippen molar-refractivity contribution in [3.63, 3.8) is 0 Å². The number of amides is 2. The number of carbonyl (C=O) groups excluding carboxylic acids is 1. The summed E-state index contributed by atoms with van der Waals surface area (Å²) in [5, 5.41) is 19.1. The van der Waals surface area contributed by atoms with Crippen LogP contribution in [-0.2, 0) is 40.2 Å². The second kappa shape index (κ2) is 7.39. The van der Waals surface area contributed by atoms with Crippen LogP contribution in [-0.4, -0.2) is 20.3 Å². The van der Waals surface area contributed by atoms with Crippen molar-refractivity contribution in [2.45, 2.75) is 75.7 Å². The number of hydrogen-bond donors (Lipinski definition) is 3. The molecule has 0 saturated heterocycles. The third-order valence-corrected chi connectivity index (χ3v) is 7.66. The molecule has 31 heavy (non-hydrogen) atoms. The molecule has 0 radical (unpaired) electrons. The number of nitrogens with one attached hydrogen (secondary N) is 1. The van der Waals surface area contributed by atoms with Crippen molar-refractivity contribution in [3.05, 3.63) is 52.3 Å². The SMILES string of the molecule is CC(C)(O)c1cccc(S(N)(=O)=NC(=O)Nc2c3c(nc4c2CCC4(C)C)CCC3)c1. The smallest absolute Gasteiger partial charge is 0.354 e. The highest BCUT2D eigenvalue weighted by Crippen LogP contribution is 2.44. The summed E-state index contributed by atoms with van der Waals surface area (Å²) in [6, 6.07) is 5.72. The lowest BCUT2D eigenvalue weighted by Crippen LogP contribution is -2.21. The Hall–Kier alpha value is -2.29. The number of aromatic nitrogens is 1. The van der Waals surface area contributed by atoms with Crippen molar-refractivity contribution in [3.8, 4) is 0 Å². The van der Waals surface area contributed by atoms with Gasteiger partial charge in [0.25, 0.3) is 0 Å². The number of fused-ring (bicyclic) bond motifs is 2. The van der Waals surface area contributed by atoms with E-state index in [-0.39, 0.29) is 10.3 Å². The monoisotopic (exact) mass is 442 g/mol. The largest absolute Gasteiger partial charge is 0.386 e. The quantitative estimate of drug-likeness (QED) is 0.667. The van der Waals surface area contributed by atoms with Gasteiger partial charge in [0.1, 0.15) is 9.92 Å². The van der Waals surface area contributed by atoms with Gasteiger partial charge in [-0.05, 0) is 74.8 Å². The van der Waals surface area contributed by atoms with Crippen LogP contribution in [0, 0.1) is 0 Å². The molecule has 166 valence electrons. The molecule has 0 fully saturated rings. The first-order valence-electron chi connectivity index (χ1n) is 10.6. The predicted octanol–water partition coefficient (Wildman–Crippen LogP) is 3.95. The summed E-state index contributed by atoms with van der Waals surface area (Å²) in [5.74, 6) is 0. The van der Waals surface area contributed by atoms with E-state index in [1.807, 2.05) is 0 Å². The molecule has 0 saturated carbocycles. The first-order valence-corrected chi connectivity index (χ1v) is 12.2. The number of anilines is 1. The Balaban J connectivity index is 1.70. The molecule has 2 aliphatic carbocycles. The molecule has 0 bridgehead atoms.